The second-order valence-corrected chi connectivity index (χ2v) is 9.09. The molecule has 0 unspecified atom stereocenters. The predicted octanol–water partition coefficient (Wildman–Crippen LogP) is 3.30. The maximum Gasteiger partial charge on any atom is 0.309 e. The summed E-state index contributed by atoms with van der Waals surface area (Å²) in [5.74, 6) is 0.0796. The van der Waals surface area contributed by atoms with E-state index in [1.165, 1.54) is 12.1 Å². The third-order valence-electron chi connectivity index (χ3n) is 5.23. The molecule has 0 aromatic heterocycles. The number of anilines is 1. The third-order valence-corrected chi connectivity index (χ3v) is 6.63. The van der Waals surface area contributed by atoms with Gasteiger partial charge in [0.2, 0.25) is 0 Å². The van der Waals surface area contributed by atoms with Crippen molar-refractivity contribution in [2.45, 2.75) is 31.6 Å². The number of likely N-dealkylation sites (tertiary alicyclic amines) is 1. The van der Waals surface area contributed by atoms with E-state index in [0.29, 0.717) is 56.1 Å². The van der Waals surface area contributed by atoms with Gasteiger partial charge in [0.05, 0.1) is 24.0 Å². The minimum absolute atomic E-state index is 0.116. The number of piperidine rings is 1. The summed E-state index contributed by atoms with van der Waals surface area (Å²) in [6.45, 7) is 5.44. The maximum absolute atomic E-state index is 12.8. The number of carbonyl (C=O) groups is 2. The van der Waals surface area contributed by atoms with Crippen molar-refractivity contribution in [2.75, 3.05) is 31.0 Å². The average Bonchev–Trinajstić information content (AvgIpc) is 2.80. The molecule has 0 saturated carbocycles. The fourth-order valence-electron chi connectivity index (χ4n) is 3.54. The van der Waals surface area contributed by atoms with Crippen molar-refractivity contribution in [1.29, 1.82) is 0 Å². The molecular weight excluding hydrogens is 432 g/mol. The Morgan fingerprint density at radius 3 is 2.16 bits per heavy atom. The average molecular weight is 461 g/mol. The van der Waals surface area contributed by atoms with Crippen molar-refractivity contribution >= 4 is 27.6 Å². The number of hydrogen-bond acceptors (Lipinski definition) is 6. The van der Waals surface area contributed by atoms with Gasteiger partial charge in [-0.2, -0.15) is 0 Å². The number of rotatable bonds is 8. The molecule has 1 aliphatic heterocycles. The Bertz CT molecular complexity index is 1030. The summed E-state index contributed by atoms with van der Waals surface area (Å²) in [6, 6.07) is 12.5. The summed E-state index contributed by atoms with van der Waals surface area (Å²) in [5.41, 5.74) is 0.819. The van der Waals surface area contributed by atoms with Gasteiger partial charge in [0.1, 0.15) is 5.75 Å². The SMILES string of the molecule is CCOC(=O)C1CCN(C(=O)c2ccc(NS(=O)(=O)c3ccc(OCC)cc3)cc2)CC1. The van der Waals surface area contributed by atoms with Crippen LogP contribution in [0.4, 0.5) is 5.69 Å². The summed E-state index contributed by atoms with van der Waals surface area (Å²) in [6.07, 6.45) is 1.15. The lowest BCUT2D eigenvalue weighted by Gasteiger charge is -2.31. The number of carbonyl (C=O) groups excluding carboxylic acids is 2. The Hall–Kier alpha value is -3.07. The van der Waals surface area contributed by atoms with Gasteiger partial charge in [-0.3, -0.25) is 14.3 Å². The molecule has 1 heterocycles. The number of esters is 1. The summed E-state index contributed by atoms with van der Waals surface area (Å²) in [4.78, 5) is 26.4. The molecule has 0 atom stereocenters. The van der Waals surface area contributed by atoms with E-state index in [0.717, 1.165) is 0 Å². The van der Waals surface area contributed by atoms with Gasteiger partial charge in [0, 0.05) is 24.3 Å². The van der Waals surface area contributed by atoms with Crippen molar-refractivity contribution < 1.29 is 27.5 Å². The van der Waals surface area contributed by atoms with E-state index in [2.05, 4.69) is 4.72 Å². The zero-order valence-electron chi connectivity index (χ0n) is 18.2. The first-order valence-electron chi connectivity index (χ1n) is 10.7. The van der Waals surface area contributed by atoms with Gasteiger partial charge in [-0.15, -0.1) is 0 Å². The van der Waals surface area contributed by atoms with Crippen LogP contribution in [0.2, 0.25) is 0 Å². The number of sulfonamides is 1. The van der Waals surface area contributed by atoms with Gasteiger partial charge in [0.15, 0.2) is 0 Å². The number of benzene rings is 2. The fourth-order valence-corrected chi connectivity index (χ4v) is 4.60. The molecule has 8 nitrogen and oxygen atoms in total. The molecule has 9 heteroatoms. The zero-order chi connectivity index (χ0) is 23.1. The minimum Gasteiger partial charge on any atom is -0.494 e. The molecule has 1 N–H and O–H groups in total. The fraction of sp³-hybridized carbons (Fsp3) is 0.391. The smallest absolute Gasteiger partial charge is 0.309 e. The van der Waals surface area contributed by atoms with E-state index >= 15 is 0 Å². The molecule has 32 heavy (non-hydrogen) atoms. The predicted molar refractivity (Wildman–Crippen MR) is 120 cm³/mol. The lowest BCUT2D eigenvalue weighted by molar-refractivity contribution is -0.149. The van der Waals surface area contributed by atoms with Crippen LogP contribution in [-0.2, 0) is 19.6 Å². The molecule has 2 aromatic carbocycles. The lowest BCUT2D eigenvalue weighted by Crippen LogP contribution is -2.40. The molecule has 0 radical (unpaired) electrons. The number of hydrogen-bond donors (Lipinski definition) is 1. The van der Waals surface area contributed by atoms with Crippen LogP contribution in [0, 0.1) is 5.92 Å². The second kappa shape index (κ2) is 10.5. The molecule has 1 amide bonds. The standard InChI is InChI=1S/C23H28N2O6S/c1-3-30-20-9-11-21(12-10-20)32(28,29)24-19-7-5-17(6-8-19)22(26)25-15-13-18(14-16-25)23(27)31-4-2/h5-12,18,24H,3-4,13-16H2,1-2H3. The number of nitrogens with zero attached hydrogens (tertiary/aromatic N) is 1. The molecule has 2 aromatic rings. The van der Waals surface area contributed by atoms with Gasteiger partial charge in [-0.25, -0.2) is 8.42 Å². The quantitative estimate of drug-likeness (QED) is 0.607. The van der Waals surface area contributed by atoms with Crippen molar-refractivity contribution in [1.82, 2.24) is 4.90 Å². The topological polar surface area (TPSA) is 102 Å². The van der Waals surface area contributed by atoms with E-state index in [1.54, 1.807) is 48.2 Å². The lowest BCUT2D eigenvalue weighted by atomic mass is 9.96. The Kier molecular flexibility index (Phi) is 7.74. The number of ether oxygens (including phenoxy) is 2. The molecular formula is C23H28N2O6S. The Labute approximate surface area is 188 Å². The van der Waals surface area contributed by atoms with Crippen LogP contribution in [0.1, 0.15) is 37.0 Å². The van der Waals surface area contributed by atoms with Gasteiger partial charge >= 0.3 is 5.97 Å². The minimum atomic E-state index is -3.76. The first-order chi connectivity index (χ1) is 15.3. The van der Waals surface area contributed by atoms with Crippen LogP contribution in [0.5, 0.6) is 5.75 Å². The molecule has 0 spiro atoms. The van der Waals surface area contributed by atoms with E-state index in [1.807, 2.05) is 6.92 Å². The molecule has 1 saturated heterocycles. The van der Waals surface area contributed by atoms with E-state index in [9.17, 15) is 18.0 Å². The highest BCUT2D eigenvalue weighted by Crippen LogP contribution is 2.22. The Morgan fingerprint density at radius 1 is 0.969 bits per heavy atom. The summed E-state index contributed by atoms with van der Waals surface area (Å²) < 4.78 is 38.1. The second-order valence-electron chi connectivity index (χ2n) is 7.41. The third kappa shape index (κ3) is 5.79. The van der Waals surface area contributed by atoms with Crippen LogP contribution in [0.3, 0.4) is 0 Å². The highest BCUT2D eigenvalue weighted by Gasteiger charge is 2.28. The van der Waals surface area contributed by atoms with Crippen LogP contribution in [0.25, 0.3) is 0 Å². The number of nitrogens with one attached hydrogen (secondary N) is 1. The van der Waals surface area contributed by atoms with Crippen molar-refractivity contribution in [3.8, 4) is 5.75 Å². The maximum atomic E-state index is 12.8. The van der Waals surface area contributed by atoms with Crippen molar-refractivity contribution in [2.24, 2.45) is 5.92 Å². The zero-order valence-corrected chi connectivity index (χ0v) is 19.1. The van der Waals surface area contributed by atoms with Crippen LogP contribution >= 0.6 is 0 Å². The Balaban J connectivity index is 1.60. The molecule has 1 fully saturated rings. The highest BCUT2D eigenvalue weighted by atomic mass is 32.2. The molecule has 0 aliphatic carbocycles. The van der Waals surface area contributed by atoms with Crippen molar-refractivity contribution in [3.05, 3.63) is 54.1 Å². The first kappa shape index (κ1) is 23.6. The summed E-state index contributed by atoms with van der Waals surface area (Å²) in [5, 5.41) is 0. The van der Waals surface area contributed by atoms with Crippen LogP contribution in [-0.4, -0.2) is 51.5 Å². The Morgan fingerprint density at radius 2 is 1.59 bits per heavy atom. The van der Waals surface area contributed by atoms with Crippen LogP contribution in [0.15, 0.2) is 53.4 Å². The van der Waals surface area contributed by atoms with Gasteiger partial charge in [-0.1, -0.05) is 0 Å². The monoisotopic (exact) mass is 460 g/mol. The number of amides is 1. The van der Waals surface area contributed by atoms with E-state index < -0.39 is 10.0 Å². The highest BCUT2D eigenvalue weighted by molar-refractivity contribution is 7.92. The summed E-state index contributed by atoms with van der Waals surface area (Å²) in [7, 11) is -3.76. The normalized spacial score (nSPS) is 14.6. The molecule has 172 valence electrons. The van der Waals surface area contributed by atoms with Gasteiger partial charge in [-0.05, 0) is 75.2 Å². The molecule has 0 bridgehead atoms. The van der Waals surface area contributed by atoms with E-state index in [4.69, 9.17) is 9.47 Å². The first-order valence-corrected chi connectivity index (χ1v) is 12.1. The molecule has 1 aliphatic rings. The van der Waals surface area contributed by atoms with Gasteiger partial charge in [0.25, 0.3) is 15.9 Å². The van der Waals surface area contributed by atoms with Crippen molar-refractivity contribution in [3.63, 3.8) is 0 Å². The summed E-state index contributed by atoms with van der Waals surface area (Å²) >= 11 is 0. The largest absolute Gasteiger partial charge is 0.494 e. The van der Waals surface area contributed by atoms with Gasteiger partial charge < -0.3 is 14.4 Å². The van der Waals surface area contributed by atoms with Crippen LogP contribution < -0.4 is 9.46 Å². The van der Waals surface area contributed by atoms with E-state index in [-0.39, 0.29) is 22.7 Å². The molecule has 3 rings (SSSR count).